The molecule has 0 spiro atoms. The van der Waals surface area contributed by atoms with Crippen LogP contribution in [0.2, 0.25) is 0 Å². The Morgan fingerprint density at radius 3 is 1.43 bits per heavy atom. The summed E-state index contributed by atoms with van der Waals surface area (Å²) in [6.45, 7) is 0. The first-order valence-corrected chi connectivity index (χ1v) is 18.4. The minimum absolute atomic E-state index is 0.0798. The minimum atomic E-state index is -3.95. The monoisotopic (exact) mass is 780 g/mol. The molecular weight excluding hydrogens is 759 g/mol. The van der Waals surface area contributed by atoms with Crippen molar-refractivity contribution in [2.45, 2.75) is 9.79 Å². The number of carboxylic acid groups (broad SMARTS) is 1. The van der Waals surface area contributed by atoms with Crippen LogP contribution in [0.3, 0.4) is 0 Å². The summed E-state index contributed by atoms with van der Waals surface area (Å²) < 4.78 is 93.6. The van der Waals surface area contributed by atoms with Crippen molar-refractivity contribution in [2.75, 3.05) is 29.8 Å². The number of carboxylic acids is 1. The molecule has 6 rings (SSSR count). The molecule has 0 saturated heterocycles. The highest BCUT2D eigenvalue weighted by Gasteiger charge is 2.26. The molecule has 2 aromatic carbocycles. The van der Waals surface area contributed by atoms with Crippen molar-refractivity contribution in [2.24, 2.45) is 0 Å². The number of halogens is 2. The molecule has 6 aromatic rings. The predicted molar refractivity (Wildman–Crippen MR) is 183 cm³/mol. The zero-order valence-electron chi connectivity index (χ0n) is 26.1. The maximum Gasteiger partial charge on any atom is 0.351 e. The summed E-state index contributed by atoms with van der Waals surface area (Å²) in [5.74, 6) is -3.39. The number of fused-ring (bicyclic) bond motifs is 2. The van der Waals surface area contributed by atoms with E-state index >= 15 is 0 Å². The van der Waals surface area contributed by atoms with E-state index in [-0.39, 0.29) is 36.5 Å². The van der Waals surface area contributed by atoms with Gasteiger partial charge in [-0.25, -0.2) is 44.8 Å². The van der Waals surface area contributed by atoms with Gasteiger partial charge in [-0.1, -0.05) is 0 Å². The number of rotatable bonds is 8. The summed E-state index contributed by atoms with van der Waals surface area (Å²) >= 11 is 1.96. The maximum atomic E-state index is 13.0. The van der Waals surface area contributed by atoms with Crippen molar-refractivity contribution >= 4 is 85.2 Å². The fourth-order valence-electron chi connectivity index (χ4n) is 4.28. The van der Waals surface area contributed by atoms with Gasteiger partial charge in [-0.15, -0.1) is 22.7 Å². The van der Waals surface area contributed by atoms with Crippen LogP contribution < -0.4 is 19.9 Å². The Kier molecular flexibility index (Phi) is 10.2. The number of hydrogen-bond donors (Lipinski definition) is 1. The number of hydrogen-bond acceptors (Lipinski definition) is 13. The Bertz CT molecular complexity index is 2650. The summed E-state index contributed by atoms with van der Waals surface area (Å²) in [7, 11) is -4.14. The molecule has 0 amide bonds. The number of aromatic carboxylic acids is 1. The predicted octanol–water partition coefficient (Wildman–Crippen LogP) is 5.12. The maximum absolute atomic E-state index is 13.0. The number of sulfonamides is 2. The van der Waals surface area contributed by atoms with Gasteiger partial charge in [-0.05, 0) is 60.7 Å². The number of carbonyl (C=O) groups excluding carboxylic acids is 1. The van der Waals surface area contributed by atoms with Gasteiger partial charge in [-0.3, -0.25) is 8.61 Å². The number of benzene rings is 2. The zero-order valence-corrected chi connectivity index (χ0v) is 29.4. The highest BCUT2D eigenvalue weighted by atomic mass is 32.2. The molecule has 0 aliphatic rings. The van der Waals surface area contributed by atoms with Crippen LogP contribution in [0.4, 0.5) is 18.8 Å². The van der Waals surface area contributed by atoms with Gasteiger partial charge >= 0.3 is 23.2 Å². The Labute approximate surface area is 294 Å². The number of methoxy groups -OCH3 is 1. The second kappa shape index (κ2) is 14.1. The number of ether oxygens (including phenoxy) is 1. The third-order valence-electron chi connectivity index (χ3n) is 7.02. The zero-order chi connectivity index (χ0) is 37.4. The standard InChI is InChI=1S/C16H12FNO6S2.C15H10FNO6S2/c1-18(26(21,22)10-5-3-9(17)4-6-10)14-8-12-13(25-14)7-11(15(19)23-2)16(20)24-12;1-17(25(21,22)9-4-2-8(16)3-5-9)13-7-11-12(24-13)6-10(14(18)19)15(20)23-11/h3-8H,1-2H3;2-7H,1H3,(H,18,19). The number of thiophene rings is 2. The Morgan fingerprint density at radius 2 is 1.06 bits per heavy atom. The summed E-state index contributed by atoms with van der Waals surface area (Å²) in [6, 6.07) is 13.9. The van der Waals surface area contributed by atoms with Crippen LogP contribution in [0.5, 0.6) is 0 Å². The van der Waals surface area contributed by atoms with E-state index in [4.69, 9.17) is 13.9 Å². The topological polar surface area (TPSA) is 199 Å². The van der Waals surface area contributed by atoms with Crippen LogP contribution in [0, 0.1) is 11.6 Å². The summed E-state index contributed by atoms with van der Waals surface area (Å²) in [5, 5.41) is 9.42. The molecule has 20 heteroatoms. The molecule has 0 unspecified atom stereocenters. The molecule has 0 bridgehead atoms. The van der Waals surface area contributed by atoms with Crippen LogP contribution in [0.15, 0.2) is 101 Å². The first-order chi connectivity index (χ1) is 23.9. The second-order valence-electron chi connectivity index (χ2n) is 10.2. The van der Waals surface area contributed by atoms with Crippen LogP contribution in [0.1, 0.15) is 20.7 Å². The average Bonchev–Trinajstić information content (AvgIpc) is 3.70. The molecule has 0 radical (unpaired) electrons. The van der Waals surface area contributed by atoms with Gasteiger partial charge in [0.15, 0.2) is 11.2 Å². The second-order valence-corrected chi connectivity index (χ2v) is 16.2. The normalized spacial score (nSPS) is 11.5. The lowest BCUT2D eigenvalue weighted by Gasteiger charge is -2.17. The van der Waals surface area contributed by atoms with E-state index in [2.05, 4.69) is 4.74 Å². The molecule has 14 nitrogen and oxygen atoms in total. The number of nitrogens with zero attached hydrogens (tertiary/aromatic N) is 2. The number of esters is 1. The van der Waals surface area contributed by atoms with Crippen molar-refractivity contribution in [3.05, 3.63) is 116 Å². The van der Waals surface area contributed by atoms with Crippen molar-refractivity contribution in [1.29, 1.82) is 0 Å². The first-order valence-electron chi connectivity index (χ1n) is 13.9. The highest BCUT2D eigenvalue weighted by molar-refractivity contribution is 7.93. The largest absolute Gasteiger partial charge is 0.477 e. The molecule has 266 valence electrons. The van der Waals surface area contributed by atoms with Crippen LogP contribution in [0.25, 0.3) is 20.6 Å². The summed E-state index contributed by atoms with van der Waals surface area (Å²) in [6.07, 6.45) is 0. The van der Waals surface area contributed by atoms with Crippen molar-refractivity contribution in [3.8, 4) is 0 Å². The van der Waals surface area contributed by atoms with Gasteiger partial charge in [0.2, 0.25) is 0 Å². The van der Waals surface area contributed by atoms with Crippen molar-refractivity contribution < 1.29 is 53.9 Å². The van der Waals surface area contributed by atoms with E-state index in [1.165, 1.54) is 32.3 Å². The first kappa shape index (κ1) is 36.8. The van der Waals surface area contributed by atoms with Gasteiger partial charge < -0.3 is 18.7 Å². The van der Waals surface area contributed by atoms with E-state index in [1.807, 2.05) is 0 Å². The summed E-state index contributed by atoms with van der Waals surface area (Å²) in [4.78, 5) is 45.8. The SMILES string of the molecule is CN(c1cc2oc(=O)c(C(=O)O)cc2s1)S(=O)(=O)c1ccc(F)cc1.COC(=O)c1cc2sc(N(C)S(=O)(=O)c3ccc(F)cc3)cc2oc1=O. The molecule has 0 aliphatic carbocycles. The fourth-order valence-corrected chi connectivity index (χ4v) is 9.06. The molecule has 1 N–H and O–H groups in total. The van der Waals surface area contributed by atoms with Gasteiger partial charge in [0.1, 0.15) is 32.8 Å². The highest BCUT2D eigenvalue weighted by Crippen LogP contribution is 2.36. The Hall–Kier alpha value is -5.44. The van der Waals surface area contributed by atoms with Crippen LogP contribution >= 0.6 is 22.7 Å². The van der Waals surface area contributed by atoms with E-state index in [0.29, 0.717) is 9.40 Å². The molecule has 0 fully saturated rings. The third kappa shape index (κ3) is 7.38. The van der Waals surface area contributed by atoms with Gasteiger partial charge in [-0.2, -0.15) is 0 Å². The lowest BCUT2D eigenvalue weighted by Crippen LogP contribution is -2.25. The Morgan fingerprint density at radius 1 is 0.686 bits per heavy atom. The average molecular weight is 781 g/mol. The molecule has 4 aromatic heterocycles. The van der Waals surface area contributed by atoms with Gasteiger partial charge in [0.05, 0.1) is 26.3 Å². The molecule has 4 heterocycles. The van der Waals surface area contributed by atoms with Gasteiger partial charge in [0, 0.05) is 26.2 Å². The third-order valence-corrected chi connectivity index (χ3v) is 13.1. The minimum Gasteiger partial charge on any atom is -0.477 e. The van der Waals surface area contributed by atoms with Crippen molar-refractivity contribution in [1.82, 2.24) is 0 Å². The Balaban J connectivity index is 0.000000198. The van der Waals surface area contributed by atoms with E-state index < -0.39 is 60.4 Å². The van der Waals surface area contributed by atoms with E-state index in [0.717, 1.165) is 93.0 Å². The van der Waals surface area contributed by atoms with E-state index in [9.17, 15) is 44.8 Å². The summed E-state index contributed by atoms with van der Waals surface area (Å²) in [5.41, 5.74) is -2.49. The quantitative estimate of drug-likeness (QED) is 0.200. The van der Waals surface area contributed by atoms with E-state index in [1.54, 1.807) is 0 Å². The van der Waals surface area contributed by atoms with Gasteiger partial charge in [0.25, 0.3) is 20.0 Å². The molecule has 0 saturated carbocycles. The number of carbonyl (C=O) groups is 2. The molecule has 0 aliphatic heterocycles. The smallest absolute Gasteiger partial charge is 0.351 e. The molecule has 51 heavy (non-hydrogen) atoms. The fraction of sp³-hybridized carbons (Fsp3) is 0.0968. The van der Waals surface area contributed by atoms with Crippen LogP contribution in [-0.4, -0.2) is 55.1 Å². The molecular formula is C31H22F2N2O12S4. The lowest BCUT2D eigenvalue weighted by molar-refractivity contribution is 0.0595. The van der Waals surface area contributed by atoms with Crippen molar-refractivity contribution in [3.63, 3.8) is 0 Å². The number of anilines is 2. The molecule has 0 atom stereocenters. The van der Waals surface area contributed by atoms with Crippen LogP contribution in [-0.2, 0) is 24.8 Å². The lowest BCUT2D eigenvalue weighted by atomic mass is 10.3.